The molecule has 0 atom stereocenters. The zero-order valence-corrected chi connectivity index (χ0v) is 16.4. The average molecular weight is 383 g/mol. The van der Waals surface area contributed by atoms with Crippen molar-refractivity contribution in [1.29, 1.82) is 0 Å². The molecular formula is C22H25NO5. The molecule has 1 heterocycles. The molecule has 148 valence electrons. The highest BCUT2D eigenvalue weighted by molar-refractivity contribution is 6.25. The van der Waals surface area contributed by atoms with E-state index in [9.17, 15) is 19.5 Å². The van der Waals surface area contributed by atoms with Gasteiger partial charge in [-0.3, -0.25) is 14.6 Å². The van der Waals surface area contributed by atoms with Gasteiger partial charge in [0.1, 0.15) is 0 Å². The summed E-state index contributed by atoms with van der Waals surface area (Å²) in [6.45, 7) is 3.13. The number of methoxy groups -OCH3 is 1. The van der Waals surface area contributed by atoms with Crippen molar-refractivity contribution in [1.82, 2.24) is 4.98 Å². The van der Waals surface area contributed by atoms with E-state index in [1.54, 1.807) is 20.0 Å². The number of carboxylic acid groups (broad SMARTS) is 1. The number of pyridine rings is 1. The van der Waals surface area contributed by atoms with Gasteiger partial charge >= 0.3 is 5.97 Å². The van der Waals surface area contributed by atoms with E-state index in [2.05, 4.69) is 4.98 Å². The van der Waals surface area contributed by atoms with Crippen LogP contribution in [0.4, 0.5) is 0 Å². The summed E-state index contributed by atoms with van der Waals surface area (Å²) < 4.78 is 5.11. The number of allylic oxidation sites excluding steroid dienone is 4. The molecule has 0 unspecified atom stereocenters. The molecule has 28 heavy (non-hydrogen) atoms. The van der Waals surface area contributed by atoms with Gasteiger partial charge in [-0.05, 0) is 57.2 Å². The first kappa shape index (κ1) is 21.3. The Kier molecular flexibility index (Phi) is 7.44. The highest BCUT2D eigenvalue weighted by Gasteiger charge is 2.31. The molecular weight excluding hydrogens is 358 g/mol. The number of carbonyl (C=O) groups excluding carboxylic acids is 2. The number of aliphatic carboxylic acids is 1. The number of ketones is 2. The van der Waals surface area contributed by atoms with Crippen LogP contribution in [0, 0.1) is 0 Å². The van der Waals surface area contributed by atoms with Crippen LogP contribution in [0.15, 0.2) is 58.7 Å². The molecule has 0 saturated heterocycles. The lowest BCUT2D eigenvalue weighted by molar-refractivity contribution is -0.132. The van der Waals surface area contributed by atoms with Crippen LogP contribution in [0.1, 0.15) is 45.1 Å². The predicted octanol–water partition coefficient (Wildman–Crippen LogP) is 3.58. The third-order valence-electron chi connectivity index (χ3n) is 4.87. The van der Waals surface area contributed by atoms with Crippen LogP contribution in [0.2, 0.25) is 0 Å². The van der Waals surface area contributed by atoms with Crippen molar-refractivity contribution in [2.24, 2.45) is 0 Å². The smallest absolute Gasteiger partial charge is 0.331 e. The summed E-state index contributed by atoms with van der Waals surface area (Å²) in [4.78, 5) is 40.6. The molecule has 0 spiro atoms. The van der Waals surface area contributed by atoms with Crippen LogP contribution in [0.3, 0.4) is 0 Å². The molecule has 1 aromatic heterocycles. The molecule has 1 aliphatic carbocycles. The topological polar surface area (TPSA) is 93.6 Å². The average Bonchev–Trinajstić information content (AvgIpc) is 2.69. The Morgan fingerprint density at radius 2 is 1.86 bits per heavy atom. The summed E-state index contributed by atoms with van der Waals surface area (Å²) in [7, 11) is 1.31. The molecule has 6 nitrogen and oxygen atoms in total. The SMILES string of the molecule is COC1=C(/C=C(\CCCCCc2cccnc2)C(=O)O)C(=O)C(C)=C(C)C1=O. The number of aryl methyl sites for hydroxylation is 1. The summed E-state index contributed by atoms with van der Waals surface area (Å²) in [6.07, 6.45) is 8.48. The fraction of sp³-hybridized carbons (Fsp3) is 0.364. The number of ether oxygens (including phenoxy) is 1. The predicted molar refractivity (Wildman–Crippen MR) is 105 cm³/mol. The quantitative estimate of drug-likeness (QED) is 0.398. The number of hydrogen-bond donors (Lipinski definition) is 1. The van der Waals surface area contributed by atoms with Gasteiger partial charge < -0.3 is 9.84 Å². The highest BCUT2D eigenvalue weighted by Crippen LogP contribution is 2.27. The normalized spacial score (nSPS) is 15.3. The van der Waals surface area contributed by atoms with Gasteiger partial charge in [-0.25, -0.2) is 4.79 Å². The number of hydrogen-bond acceptors (Lipinski definition) is 5. The van der Waals surface area contributed by atoms with E-state index in [1.165, 1.54) is 13.2 Å². The van der Waals surface area contributed by atoms with Crippen molar-refractivity contribution in [2.45, 2.75) is 46.0 Å². The Hall–Kier alpha value is -3.02. The number of aromatic nitrogens is 1. The molecule has 0 aromatic carbocycles. The van der Waals surface area contributed by atoms with Crippen molar-refractivity contribution >= 4 is 17.5 Å². The van der Waals surface area contributed by atoms with Gasteiger partial charge in [0.15, 0.2) is 11.5 Å². The Balaban J connectivity index is 2.07. The van der Waals surface area contributed by atoms with Gasteiger partial charge in [0.2, 0.25) is 5.78 Å². The van der Waals surface area contributed by atoms with Crippen molar-refractivity contribution in [3.8, 4) is 0 Å². The zero-order chi connectivity index (χ0) is 20.7. The third kappa shape index (κ3) is 5.03. The van der Waals surface area contributed by atoms with E-state index in [-0.39, 0.29) is 28.5 Å². The van der Waals surface area contributed by atoms with Gasteiger partial charge in [0.25, 0.3) is 0 Å². The summed E-state index contributed by atoms with van der Waals surface area (Å²) in [6, 6.07) is 3.90. The number of Topliss-reactive ketones (excluding diaryl/α,β-unsaturated/α-hetero) is 2. The van der Waals surface area contributed by atoms with Crippen LogP contribution in [0.25, 0.3) is 0 Å². The Morgan fingerprint density at radius 3 is 2.46 bits per heavy atom. The van der Waals surface area contributed by atoms with Crippen LogP contribution >= 0.6 is 0 Å². The first-order chi connectivity index (χ1) is 13.4. The van der Waals surface area contributed by atoms with E-state index in [0.717, 1.165) is 24.8 Å². The summed E-state index contributed by atoms with van der Waals surface area (Å²) in [5, 5.41) is 9.52. The molecule has 2 rings (SSSR count). The molecule has 1 aromatic rings. The fourth-order valence-corrected chi connectivity index (χ4v) is 3.05. The standard InChI is InChI=1S/C22H25NO5/c1-14-15(2)20(25)21(28-3)18(19(14)24)12-17(22(26)27)10-6-4-5-8-16-9-7-11-23-13-16/h7,9,11-13H,4-6,8,10H2,1-3H3,(H,26,27)/b17-12+. The van der Waals surface area contributed by atoms with E-state index >= 15 is 0 Å². The second-order valence-corrected chi connectivity index (χ2v) is 6.75. The van der Waals surface area contributed by atoms with Crippen molar-refractivity contribution < 1.29 is 24.2 Å². The maximum absolute atomic E-state index is 12.6. The third-order valence-corrected chi connectivity index (χ3v) is 4.87. The molecule has 0 radical (unpaired) electrons. The van der Waals surface area contributed by atoms with Crippen LogP contribution in [-0.4, -0.2) is 34.7 Å². The monoisotopic (exact) mass is 383 g/mol. The Labute approximate surface area is 164 Å². The molecule has 0 amide bonds. The number of rotatable bonds is 9. The van der Waals surface area contributed by atoms with Crippen LogP contribution in [-0.2, 0) is 25.5 Å². The van der Waals surface area contributed by atoms with E-state index in [0.29, 0.717) is 24.0 Å². The zero-order valence-electron chi connectivity index (χ0n) is 16.4. The lowest BCUT2D eigenvalue weighted by atomic mass is 9.88. The maximum atomic E-state index is 12.6. The number of carbonyl (C=O) groups is 3. The summed E-state index contributed by atoms with van der Waals surface area (Å²) in [5.74, 6) is -1.95. The largest absolute Gasteiger partial charge is 0.492 e. The van der Waals surface area contributed by atoms with Crippen molar-refractivity contribution in [3.63, 3.8) is 0 Å². The van der Waals surface area contributed by atoms with Crippen LogP contribution in [0.5, 0.6) is 0 Å². The first-order valence-corrected chi connectivity index (χ1v) is 9.24. The van der Waals surface area contributed by atoms with Gasteiger partial charge in [0.05, 0.1) is 12.7 Å². The maximum Gasteiger partial charge on any atom is 0.331 e. The minimum atomic E-state index is -1.10. The number of carboxylic acids is 1. The van der Waals surface area contributed by atoms with Crippen molar-refractivity contribution in [3.05, 3.63) is 64.2 Å². The highest BCUT2D eigenvalue weighted by atomic mass is 16.5. The minimum Gasteiger partial charge on any atom is -0.492 e. The van der Waals surface area contributed by atoms with E-state index < -0.39 is 5.97 Å². The van der Waals surface area contributed by atoms with Gasteiger partial charge in [-0.15, -0.1) is 0 Å². The fourth-order valence-electron chi connectivity index (χ4n) is 3.05. The van der Waals surface area contributed by atoms with Gasteiger partial charge in [-0.2, -0.15) is 0 Å². The minimum absolute atomic E-state index is 0.0170. The lowest BCUT2D eigenvalue weighted by Gasteiger charge is -2.18. The molecule has 0 saturated carbocycles. The second-order valence-electron chi connectivity index (χ2n) is 6.75. The number of unbranched alkanes of at least 4 members (excludes halogenated alkanes) is 2. The first-order valence-electron chi connectivity index (χ1n) is 9.24. The summed E-state index contributed by atoms with van der Waals surface area (Å²) >= 11 is 0. The van der Waals surface area contributed by atoms with Gasteiger partial charge in [-0.1, -0.05) is 12.5 Å². The van der Waals surface area contributed by atoms with Crippen molar-refractivity contribution in [2.75, 3.05) is 7.11 Å². The van der Waals surface area contributed by atoms with Crippen LogP contribution < -0.4 is 0 Å². The molecule has 0 fully saturated rings. The molecule has 0 aliphatic heterocycles. The second kappa shape index (κ2) is 9.78. The van der Waals surface area contributed by atoms with E-state index in [4.69, 9.17) is 4.74 Å². The number of nitrogens with zero attached hydrogens (tertiary/aromatic N) is 1. The van der Waals surface area contributed by atoms with E-state index in [1.807, 2.05) is 18.3 Å². The lowest BCUT2D eigenvalue weighted by Crippen LogP contribution is -2.22. The Morgan fingerprint density at radius 1 is 1.14 bits per heavy atom. The Bertz CT molecular complexity index is 862. The summed E-state index contributed by atoms with van der Waals surface area (Å²) in [5.41, 5.74) is 1.91. The molecule has 1 aliphatic rings. The van der Waals surface area contributed by atoms with Gasteiger partial charge in [0, 0.05) is 29.1 Å². The molecule has 6 heteroatoms. The molecule has 1 N–H and O–H groups in total. The molecule has 0 bridgehead atoms.